The fourth-order valence-electron chi connectivity index (χ4n) is 3.25. The molecule has 1 aliphatic heterocycles. The highest BCUT2D eigenvalue weighted by Crippen LogP contribution is 2.28. The van der Waals surface area contributed by atoms with Gasteiger partial charge < -0.3 is 5.32 Å². The highest BCUT2D eigenvalue weighted by Gasteiger charge is 2.39. The number of amides is 1. The molecule has 0 unspecified atom stereocenters. The Morgan fingerprint density at radius 3 is 2.56 bits per heavy atom. The van der Waals surface area contributed by atoms with Crippen molar-refractivity contribution in [3.8, 4) is 0 Å². The number of rotatable bonds is 5. The molecule has 1 N–H and O–H groups in total. The van der Waals surface area contributed by atoms with E-state index in [2.05, 4.69) is 21.2 Å². The van der Waals surface area contributed by atoms with Crippen LogP contribution in [0.3, 0.4) is 0 Å². The molecule has 0 bridgehead atoms. The first kappa shape index (κ1) is 20.3. The molecule has 1 aliphatic rings. The van der Waals surface area contributed by atoms with E-state index in [9.17, 15) is 13.2 Å². The van der Waals surface area contributed by atoms with Gasteiger partial charge >= 0.3 is 0 Å². The number of hydrogen-bond acceptors (Lipinski definition) is 3. The number of hydrogen-bond donors (Lipinski definition) is 1. The van der Waals surface area contributed by atoms with Crippen LogP contribution in [0.15, 0.2) is 57.9 Å². The molecule has 0 aliphatic carbocycles. The molecule has 2 aromatic rings. The van der Waals surface area contributed by atoms with Gasteiger partial charge in [0.05, 0.1) is 10.9 Å². The first-order valence-corrected chi connectivity index (χ1v) is 11.2. The molecule has 1 amide bonds. The van der Waals surface area contributed by atoms with Crippen molar-refractivity contribution < 1.29 is 13.2 Å². The van der Waals surface area contributed by atoms with Crippen LogP contribution >= 0.6 is 27.5 Å². The number of halogens is 2. The second-order valence-corrected chi connectivity index (χ2v) is 9.69. The van der Waals surface area contributed by atoms with Gasteiger partial charge in [-0.05, 0) is 55.7 Å². The van der Waals surface area contributed by atoms with Gasteiger partial charge in [-0.3, -0.25) is 4.79 Å². The molecule has 1 heterocycles. The van der Waals surface area contributed by atoms with E-state index in [0.29, 0.717) is 24.4 Å². The molecular formula is C19H20BrClN2O3S. The topological polar surface area (TPSA) is 66.5 Å². The van der Waals surface area contributed by atoms with Crippen molar-refractivity contribution in [2.24, 2.45) is 0 Å². The van der Waals surface area contributed by atoms with Crippen LogP contribution in [0.5, 0.6) is 0 Å². The highest BCUT2D eigenvalue weighted by atomic mass is 79.9. The third-order valence-electron chi connectivity index (χ3n) is 4.66. The van der Waals surface area contributed by atoms with E-state index in [0.717, 1.165) is 10.0 Å². The normalized spacial score (nSPS) is 19.0. The maximum absolute atomic E-state index is 13.0. The van der Waals surface area contributed by atoms with Crippen molar-refractivity contribution in [1.82, 2.24) is 9.62 Å². The molecule has 2 aromatic carbocycles. The van der Waals surface area contributed by atoms with Crippen molar-refractivity contribution in [3.63, 3.8) is 0 Å². The van der Waals surface area contributed by atoms with Gasteiger partial charge in [-0.25, -0.2) is 8.42 Å². The van der Waals surface area contributed by atoms with E-state index in [1.807, 2.05) is 25.1 Å². The van der Waals surface area contributed by atoms with Crippen molar-refractivity contribution in [2.75, 3.05) is 6.54 Å². The van der Waals surface area contributed by atoms with Gasteiger partial charge in [-0.15, -0.1) is 0 Å². The van der Waals surface area contributed by atoms with Crippen LogP contribution in [-0.4, -0.2) is 31.2 Å². The predicted octanol–water partition coefficient (Wildman–Crippen LogP) is 4.13. The molecule has 0 aromatic heterocycles. The van der Waals surface area contributed by atoms with E-state index in [-0.39, 0.29) is 16.8 Å². The summed E-state index contributed by atoms with van der Waals surface area (Å²) in [7, 11) is -3.73. The van der Waals surface area contributed by atoms with E-state index in [4.69, 9.17) is 11.6 Å². The number of sulfonamides is 1. The molecule has 1 saturated heterocycles. The van der Waals surface area contributed by atoms with Gasteiger partial charge in [0.15, 0.2) is 0 Å². The summed E-state index contributed by atoms with van der Waals surface area (Å²) in [5.74, 6) is -0.305. The Morgan fingerprint density at radius 1 is 1.22 bits per heavy atom. The summed E-state index contributed by atoms with van der Waals surface area (Å²) >= 11 is 9.50. The quantitative estimate of drug-likeness (QED) is 0.713. The van der Waals surface area contributed by atoms with Crippen LogP contribution in [0.4, 0.5) is 0 Å². The standard InChI is InChI=1S/C19H20BrClN2O3S/c1-13(16-5-2-3-6-17(16)21)22-19(24)18-7-4-12-23(18)27(25,26)15-10-8-14(20)9-11-15/h2-3,5-6,8-11,13,18H,4,7,12H2,1H3,(H,22,24)/t13-,18+/m1/s1. The number of benzene rings is 2. The third kappa shape index (κ3) is 4.37. The van der Waals surface area contributed by atoms with Crippen molar-refractivity contribution in [2.45, 2.75) is 36.7 Å². The maximum atomic E-state index is 13.0. The Balaban J connectivity index is 1.78. The van der Waals surface area contributed by atoms with Gasteiger partial charge in [0.1, 0.15) is 6.04 Å². The Labute approximate surface area is 172 Å². The smallest absolute Gasteiger partial charge is 0.243 e. The molecule has 8 heteroatoms. The Hall–Kier alpha value is -1.41. The predicted molar refractivity (Wildman–Crippen MR) is 109 cm³/mol. The zero-order valence-corrected chi connectivity index (χ0v) is 17.9. The monoisotopic (exact) mass is 470 g/mol. The van der Waals surface area contributed by atoms with Crippen molar-refractivity contribution in [1.29, 1.82) is 0 Å². The number of carbonyl (C=O) groups excluding carboxylic acids is 1. The molecule has 0 spiro atoms. The lowest BCUT2D eigenvalue weighted by Gasteiger charge is -2.25. The summed E-state index contributed by atoms with van der Waals surface area (Å²) in [5, 5.41) is 3.47. The SMILES string of the molecule is C[C@@H](NC(=O)[C@@H]1CCCN1S(=O)(=O)c1ccc(Br)cc1)c1ccccc1Cl. The van der Waals surface area contributed by atoms with Gasteiger partial charge in [-0.1, -0.05) is 45.7 Å². The maximum Gasteiger partial charge on any atom is 0.243 e. The van der Waals surface area contributed by atoms with Gasteiger partial charge in [0.25, 0.3) is 0 Å². The van der Waals surface area contributed by atoms with E-state index >= 15 is 0 Å². The van der Waals surface area contributed by atoms with Crippen LogP contribution in [0.25, 0.3) is 0 Å². The van der Waals surface area contributed by atoms with Gasteiger partial charge in [0, 0.05) is 16.0 Å². The summed E-state index contributed by atoms with van der Waals surface area (Å²) in [6.07, 6.45) is 1.14. The molecular weight excluding hydrogens is 452 g/mol. The Morgan fingerprint density at radius 2 is 1.89 bits per heavy atom. The van der Waals surface area contributed by atoms with E-state index in [1.54, 1.807) is 30.3 Å². The largest absolute Gasteiger partial charge is 0.348 e. The van der Waals surface area contributed by atoms with Gasteiger partial charge in [0.2, 0.25) is 15.9 Å². The third-order valence-corrected chi connectivity index (χ3v) is 7.45. The molecule has 0 radical (unpaired) electrons. The summed E-state index contributed by atoms with van der Waals surface area (Å²) < 4.78 is 28.1. The minimum Gasteiger partial charge on any atom is -0.348 e. The fraction of sp³-hybridized carbons (Fsp3) is 0.316. The summed E-state index contributed by atoms with van der Waals surface area (Å²) in [6, 6.07) is 12.7. The minimum absolute atomic E-state index is 0.185. The molecule has 27 heavy (non-hydrogen) atoms. The minimum atomic E-state index is -3.73. The van der Waals surface area contributed by atoms with Crippen LogP contribution in [0.1, 0.15) is 31.4 Å². The average molecular weight is 472 g/mol. The molecule has 3 rings (SSSR count). The second-order valence-electron chi connectivity index (χ2n) is 6.48. The van der Waals surface area contributed by atoms with Crippen LogP contribution in [0.2, 0.25) is 5.02 Å². The molecule has 1 fully saturated rings. The Kier molecular flexibility index (Phi) is 6.25. The second kappa shape index (κ2) is 8.31. The van der Waals surface area contributed by atoms with Crippen LogP contribution in [-0.2, 0) is 14.8 Å². The van der Waals surface area contributed by atoms with Crippen LogP contribution in [0, 0.1) is 0 Å². The number of nitrogens with one attached hydrogen (secondary N) is 1. The zero-order chi connectivity index (χ0) is 19.6. The molecule has 5 nitrogen and oxygen atoms in total. The summed E-state index contributed by atoms with van der Waals surface area (Å²) in [4.78, 5) is 13.0. The first-order valence-electron chi connectivity index (χ1n) is 8.63. The molecule has 0 saturated carbocycles. The summed E-state index contributed by atoms with van der Waals surface area (Å²) in [6.45, 7) is 2.17. The summed E-state index contributed by atoms with van der Waals surface area (Å²) in [5.41, 5.74) is 0.799. The van der Waals surface area contributed by atoms with Crippen molar-refractivity contribution >= 4 is 43.5 Å². The number of nitrogens with zero attached hydrogens (tertiary/aromatic N) is 1. The van der Waals surface area contributed by atoms with E-state index in [1.165, 1.54) is 4.31 Å². The lowest BCUT2D eigenvalue weighted by Crippen LogP contribution is -2.46. The van der Waals surface area contributed by atoms with Crippen molar-refractivity contribution in [3.05, 3.63) is 63.6 Å². The zero-order valence-electron chi connectivity index (χ0n) is 14.7. The first-order chi connectivity index (χ1) is 12.8. The van der Waals surface area contributed by atoms with Gasteiger partial charge in [-0.2, -0.15) is 4.31 Å². The van der Waals surface area contributed by atoms with E-state index < -0.39 is 16.1 Å². The lowest BCUT2D eigenvalue weighted by molar-refractivity contribution is -0.124. The average Bonchev–Trinajstić information content (AvgIpc) is 3.13. The highest BCUT2D eigenvalue weighted by molar-refractivity contribution is 9.10. The molecule has 2 atom stereocenters. The number of carbonyl (C=O) groups is 1. The lowest BCUT2D eigenvalue weighted by atomic mass is 10.1. The molecule has 144 valence electrons. The fourth-order valence-corrected chi connectivity index (χ4v) is 5.47. The Bertz CT molecular complexity index is 934. The van der Waals surface area contributed by atoms with Crippen LogP contribution < -0.4 is 5.32 Å².